The van der Waals surface area contributed by atoms with E-state index in [-0.39, 0.29) is 11.1 Å². The number of hydrogen-bond donors (Lipinski definition) is 1. The van der Waals surface area contributed by atoms with Crippen LogP contribution in [0, 0.1) is 5.82 Å². The van der Waals surface area contributed by atoms with Gasteiger partial charge in [0.05, 0.1) is 10.6 Å². The predicted molar refractivity (Wildman–Crippen MR) is 86.6 cm³/mol. The minimum absolute atomic E-state index is 0.249. The van der Waals surface area contributed by atoms with Crippen molar-refractivity contribution < 1.29 is 9.50 Å². The summed E-state index contributed by atoms with van der Waals surface area (Å²) in [6.45, 7) is 2.17. The number of aliphatic hydroxyl groups excluding tert-OH is 1. The van der Waals surface area contributed by atoms with Crippen LogP contribution in [-0.4, -0.2) is 33.2 Å². The van der Waals surface area contributed by atoms with E-state index in [9.17, 15) is 9.50 Å². The van der Waals surface area contributed by atoms with Crippen molar-refractivity contribution in [2.24, 2.45) is 0 Å². The molecule has 0 spiro atoms. The lowest BCUT2D eigenvalue weighted by Crippen LogP contribution is -2.37. The van der Waals surface area contributed by atoms with Gasteiger partial charge in [0.15, 0.2) is 0 Å². The molecule has 0 aliphatic carbocycles. The Bertz CT molecular complexity index is 430. The maximum absolute atomic E-state index is 13.5. The third kappa shape index (κ3) is 3.90. The predicted octanol–water partition coefficient (Wildman–Crippen LogP) is 4.12. The van der Waals surface area contributed by atoms with Gasteiger partial charge in [0.1, 0.15) is 5.82 Å². The van der Waals surface area contributed by atoms with Crippen LogP contribution >= 0.6 is 39.5 Å². The van der Waals surface area contributed by atoms with Crippen LogP contribution in [0.3, 0.4) is 0 Å². The van der Waals surface area contributed by atoms with Crippen molar-refractivity contribution in [3.05, 3.63) is 34.1 Å². The van der Waals surface area contributed by atoms with Crippen molar-refractivity contribution in [3.8, 4) is 0 Å². The summed E-state index contributed by atoms with van der Waals surface area (Å²) in [4.78, 5) is 0. The molecule has 19 heavy (non-hydrogen) atoms. The van der Waals surface area contributed by atoms with Crippen molar-refractivity contribution in [1.82, 2.24) is 0 Å². The van der Waals surface area contributed by atoms with E-state index in [1.165, 1.54) is 6.07 Å². The Labute approximate surface area is 130 Å². The first kappa shape index (κ1) is 15.7. The zero-order valence-corrected chi connectivity index (χ0v) is 14.0. The van der Waals surface area contributed by atoms with Crippen molar-refractivity contribution in [2.45, 2.75) is 36.4 Å². The first-order valence-corrected chi connectivity index (χ1v) is 9.36. The largest absolute Gasteiger partial charge is 0.392 e. The van der Waals surface area contributed by atoms with Crippen LogP contribution in [0.4, 0.5) is 4.39 Å². The molecule has 0 bridgehead atoms. The fraction of sp³-hybridized carbons (Fsp3) is 0.571. The van der Waals surface area contributed by atoms with Crippen molar-refractivity contribution >= 4 is 39.5 Å². The van der Waals surface area contributed by atoms with E-state index < -0.39 is 6.10 Å². The first-order valence-electron chi connectivity index (χ1n) is 6.47. The maximum atomic E-state index is 13.5. The molecule has 1 fully saturated rings. The molecule has 5 heteroatoms. The van der Waals surface area contributed by atoms with Crippen LogP contribution in [0.1, 0.15) is 18.9 Å². The maximum Gasteiger partial charge on any atom is 0.137 e. The highest BCUT2D eigenvalue weighted by Crippen LogP contribution is 2.36. The standard InChI is InChI=1S/C14H18BrFOS2/c1-2-12-14(19-7-6-18-12)11(17)8-9-4-3-5-10(16)13(9)15/h3-5,11-12,14,17H,2,6-8H2,1H3. The summed E-state index contributed by atoms with van der Waals surface area (Å²) in [7, 11) is 0. The monoisotopic (exact) mass is 364 g/mol. The average molecular weight is 365 g/mol. The molecule has 1 aliphatic rings. The quantitative estimate of drug-likeness (QED) is 0.867. The fourth-order valence-corrected chi connectivity index (χ4v) is 5.92. The van der Waals surface area contributed by atoms with Crippen LogP contribution in [0.15, 0.2) is 22.7 Å². The van der Waals surface area contributed by atoms with Gasteiger partial charge in [0.25, 0.3) is 0 Å². The van der Waals surface area contributed by atoms with E-state index in [2.05, 4.69) is 22.9 Å². The molecule has 1 aliphatic heterocycles. The fourth-order valence-electron chi connectivity index (χ4n) is 2.34. The number of hydrogen-bond acceptors (Lipinski definition) is 3. The summed E-state index contributed by atoms with van der Waals surface area (Å²) in [6, 6.07) is 5.00. The molecule has 0 amide bonds. The topological polar surface area (TPSA) is 20.2 Å². The molecule has 1 aromatic carbocycles. The number of benzene rings is 1. The molecule has 106 valence electrons. The van der Waals surface area contributed by atoms with E-state index in [4.69, 9.17) is 0 Å². The van der Waals surface area contributed by atoms with Crippen LogP contribution in [0.5, 0.6) is 0 Å². The zero-order chi connectivity index (χ0) is 13.8. The van der Waals surface area contributed by atoms with E-state index in [0.29, 0.717) is 16.1 Å². The lowest BCUT2D eigenvalue weighted by molar-refractivity contribution is 0.169. The molecule has 0 saturated carbocycles. The van der Waals surface area contributed by atoms with E-state index >= 15 is 0 Å². The van der Waals surface area contributed by atoms with Crippen molar-refractivity contribution in [1.29, 1.82) is 0 Å². The molecule has 1 heterocycles. The van der Waals surface area contributed by atoms with Gasteiger partial charge >= 0.3 is 0 Å². The number of halogens is 2. The smallest absolute Gasteiger partial charge is 0.137 e. The molecular formula is C14H18BrFOS2. The summed E-state index contributed by atoms with van der Waals surface area (Å²) in [5.41, 5.74) is 0.846. The lowest BCUT2D eigenvalue weighted by atomic mass is 10.0. The highest BCUT2D eigenvalue weighted by molar-refractivity contribution is 9.10. The van der Waals surface area contributed by atoms with Crippen LogP contribution in [0.25, 0.3) is 0 Å². The Balaban J connectivity index is 2.07. The summed E-state index contributed by atoms with van der Waals surface area (Å²) >= 11 is 7.07. The van der Waals surface area contributed by atoms with Gasteiger partial charge in [-0.1, -0.05) is 19.1 Å². The van der Waals surface area contributed by atoms with E-state index in [1.54, 1.807) is 6.07 Å². The lowest BCUT2D eigenvalue weighted by Gasteiger charge is -2.33. The molecular weight excluding hydrogens is 347 g/mol. The summed E-state index contributed by atoms with van der Waals surface area (Å²) in [5.74, 6) is 1.99. The third-order valence-corrected chi connectivity index (χ3v) is 7.61. The Kier molecular flexibility index (Phi) is 6.06. The second kappa shape index (κ2) is 7.34. The summed E-state index contributed by atoms with van der Waals surface area (Å²) in [6.07, 6.45) is 1.16. The minimum Gasteiger partial charge on any atom is -0.392 e. The first-order chi connectivity index (χ1) is 9.13. The van der Waals surface area contributed by atoms with Crippen molar-refractivity contribution in [3.63, 3.8) is 0 Å². The van der Waals surface area contributed by atoms with E-state index in [0.717, 1.165) is 23.5 Å². The van der Waals surface area contributed by atoms with Gasteiger partial charge in [-0.05, 0) is 34.0 Å². The molecule has 3 atom stereocenters. The Morgan fingerprint density at radius 3 is 2.89 bits per heavy atom. The number of aliphatic hydroxyl groups is 1. The van der Waals surface area contributed by atoms with E-state index in [1.807, 2.05) is 29.6 Å². The molecule has 1 nitrogen and oxygen atoms in total. The molecule has 1 aromatic rings. The van der Waals surface area contributed by atoms with Gasteiger partial charge in [-0.3, -0.25) is 0 Å². The van der Waals surface area contributed by atoms with Gasteiger partial charge in [-0.15, -0.1) is 0 Å². The summed E-state index contributed by atoms with van der Waals surface area (Å²) < 4.78 is 14.0. The normalized spacial score (nSPS) is 25.3. The van der Waals surface area contributed by atoms with Gasteiger partial charge in [-0.25, -0.2) is 4.39 Å². The van der Waals surface area contributed by atoms with Crippen LogP contribution in [-0.2, 0) is 6.42 Å². The highest BCUT2D eigenvalue weighted by Gasteiger charge is 2.31. The van der Waals surface area contributed by atoms with Gasteiger partial charge in [-0.2, -0.15) is 23.5 Å². The Morgan fingerprint density at radius 1 is 1.42 bits per heavy atom. The minimum atomic E-state index is -0.416. The van der Waals surface area contributed by atoms with Crippen molar-refractivity contribution in [2.75, 3.05) is 11.5 Å². The number of rotatable bonds is 4. The molecule has 3 unspecified atom stereocenters. The second-order valence-corrected chi connectivity index (χ2v) is 8.06. The second-order valence-electron chi connectivity index (χ2n) is 4.64. The molecule has 2 rings (SSSR count). The molecule has 0 aromatic heterocycles. The Morgan fingerprint density at radius 2 is 2.16 bits per heavy atom. The third-order valence-electron chi connectivity index (χ3n) is 3.33. The van der Waals surface area contributed by atoms with Gasteiger partial charge in [0.2, 0.25) is 0 Å². The Hall–Kier alpha value is 0.290. The van der Waals surface area contributed by atoms with Gasteiger partial charge in [0, 0.05) is 28.4 Å². The van der Waals surface area contributed by atoms with Crippen LogP contribution in [0.2, 0.25) is 0 Å². The van der Waals surface area contributed by atoms with Gasteiger partial charge < -0.3 is 5.11 Å². The number of thioether (sulfide) groups is 2. The average Bonchev–Trinajstić information content (AvgIpc) is 2.43. The van der Waals surface area contributed by atoms with Crippen LogP contribution < -0.4 is 0 Å². The zero-order valence-electron chi connectivity index (χ0n) is 10.8. The SMILES string of the molecule is CCC1SCCSC1C(O)Cc1cccc(F)c1Br. The molecule has 1 N–H and O–H groups in total. The molecule has 0 radical (unpaired) electrons. The summed E-state index contributed by atoms with van der Waals surface area (Å²) in [5, 5.41) is 11.2. The highest BCUT2D eigenvalue weighted by atomic mass is 79.9. The molecule has 1 saturated heterocycles.